The number of likely N-dealkylation sites (tertiary alicyclic amines) is 1. The van der Waals surface area contributed by atoms with Gasteiger partial charge in [-0.15, -0.1) is 0 Å². The fourth-order valence-corrected chi connectivity index (χ4v) is 3.89. The van der Waals surface area contributed by atoms with Gasteiger partial charge in [0.05, 0.1) is 0 Å². The molecule has 1 unspecified atom stereocenters. The number of carbonyl (C=O) groups excluding carboxylic acids is 3. The van der Waals surface area contributed by atoms with Crippen LogP contribution in [-0.4, -0.2) is 66.9 Å². The van der Waals surface area contributed by atoms with Crippen LogP contribution in [0.15, 0.2) is 30.3 Å². The molecule has 2 aliphatic heterocycles. The fourth-order valence-electron chi connectivity index (χ4n) is 3.89. The molecule has 0 aliphatic carbocycles. The molecule has 7 nitrogen and oxygen atoms in total. The molecule has 7 heteroatoms. The van der Waals surface area contributed by atoms with Crippen LogP contribution in [0, 0.1) is 5.92 Å². The number of piperidine rings is 1. The standard InChI is InChI=1S/C21H30N4O3/c1-24-12-9-17(10-13-24)15-25(14-11-16-5-3-2-4-6-16)20(27)18-7-8-19(26)23-21(28)22-18/h2-6,17-18H,7-15H2,1H3,(H2,22,23,26,28). The zero-order chi connectivity index (χ0) is 19.9. The number of benzene rings is 1. The zero-order valence-electron chi connectivity index (χ0n) is 16.5. The Morgan fingerprint density at radius 3 is 2.57 bits per heavy atom. The van der Waals surface area contributed by atoms with Crippen molar-refractivity contribution >= 4 is 17.8 Å². The number of urea groups is 1. The number of nitrogens with zero attached hydrogens (tertiary/aromatic N) is 2. The number of imide groups is 1. The van der Waals surface area contributed by atoms with Crippen molar-refractivity contribution in [1.29, 1.82) is 0 Å². The van der Waals surface area contributed by atoms with E-state index in [0.717, 1.165) is 32.4 Å². The van der Waals surface area contributed by atoms with E-state index in [9.17, 15) is 14.4 Å². The van der Waals surface area contributed by atoms with Crippen LogP contribution in [0.5, 0.6) is 0 Å². The van der Waals surface area contributed by atoms with Gasteiger partial charge in [0.2, 0.25) is 11.8 Å². The van der Waals surface area contributed by atoms with E-state index >= 15 is 0 Å². The van der Waals surface area contributed by atoms with Crippen molar-refractivity contribution in [2.75, 3.05) is 33.2 Å². The zero-order valence-corrected chi connectivity index (χ0v) is 16.5. The van der Waals surface area contributed by atoms with E-state index in [1.54, 1.807) is 0 Å². The summed E-state index contributed by atoms with van der Waals surface area (Å²) in [6.07, 6.45) is 3.43. The van der Waals surface area contributed by atoms with Crippen LogP contribution >= 0.6 is 0 Å². The van der Waals surface area contributed by atoms with Crippen LogP contribution in [0.4, 0.5) is 4.79 Å². The first-order valence-electron chi connectivity index (χ1n) is 10.1. The normalized spacial score (nSPS) is 21.5. The monoisotopic (exact) mass is 386 g/mol. The third kappa shape index (κ3) is 5.79. The first kappa shape index (κ1) is 20.3. The molecule has 152 valence electrons. The summed E-state index contributed by atoms with van der Waals surface area (Å²) < 4.78 is 0. The van der Waals surface area contributed by atoms with Gasteiger partial charge in [0.25, 0.3) is 0 Å². The Morgan fingerprint density at radius 2 is 1.86 bits per heavy atom. The Hall–Kier alpha value is -2.41. The van der Waals surface area contributed by atoms with Gasteiger partial charge >= 0.3 is 6.03 Å². The number of hydrogen-bond donors (Lipinski definition) is 2. The van der Waals surface area contributed by atoms with Gasteiger partial charge in [-0.05, 0) is 57.3 Å². The van der Waals surface area contributed by atoms with Crippen molar-refractivity contribution in [3.63, 3.8) is 0 Å². The Morgan fingerprint density at radius 1 is 1.14 bits per heavy atom. The number of amides is 4. The first-order valence-corrected chi connectivity index (χ1v) is 10.1. The lowest BCUT2D eigenvalue weighted by molar-refractivity contribution is -0.134. The average molecular weight is 386 g/mol. The summed E-state index contributed by atoms with van der Waals surface area (Å²) in [6, 6.07) is 8.89. The molecule has 0 saturated carbocycles. The minimum Gasteiger partial charge on any atom is -0.340 e. The van der Waals surface area contributed by atoms with Crippen LogP contribution < -0.4 is 10.6 Å². The van der Waals surface area contributed by atoms with Crippen LogP contribution in [-0.2, 0) is 16.0 Å². The molecule has 1 aromatic carbocycles. The largest absolute Gasteiger partial charge is 0.340 e. The molecule has 1 aromatic rings. The lowest BCUT2D eigenvalue weighted by atomic mass is 9.95. The van der Waals surface area contributed by atoms with Gasteiger partial charge in [0.15, 0.2) is 0 Å². The summed E-state index contributed by atoms with van der Waals surface area (Å²) in [4.78, 5) is 40.8. The van der Waals surface area contributed by atoms with Crippen molar-refractivity contribution in [3.8, 4) is 0 Å². The molecule has 0 bridgehead atoms. The van der Waals surface area contributed by atoms with Gasteiger partial charge < -0.3 is 15.1 Å². The molecule has 0 spiro atoms. The van der Waals surface area contributed by atoms with Gasteiger partial charge in [-0.25, -0.2) is 4.79 Å². The molecule has 0 radical (unpaired) electrons. The van der Waals surface area contributed by atoms with E-state index in [1.807, 2.05) is 23.1 Å². The Balaban J connectivity index is 1.67. The molecule has 3 rings (SSSR count). The van der Waals surface area contributed by atoms with Crippen molar-refractivity contribution in [2.45, 2.75) is 38.1 Å². The molecular formula is C21H30N4O3. The average Bonchev–Trinajstić information content (AvgIpc) is 2.87. The minimum absolute atomic E-state index is 0.0836. The maximum atomic E-state index is 13.2. The van der Waals surface area contributed by atoms with Gasteiger partial charge in [-0.2, -0.15) is 0 Å². The molecule has 2 fully saturated rings. The van der Waals surface area contributed by atoms with Crippen molar-refractivity contribution in [3.05, 3.63) is 35.9 Å². The van der Waals surface area contributed by atoms with E-state index < -0.39 is 12.1 Å². The molecule has 4 amide bonds. The number of hydrogen-bond acceptors (Lipinski definition) is 4. The Bertz CT molecular complexity index is 686. The lowest BCUT2D eigenvalue weighted by Crippen LogP contribution is -2.51. The van der Waals surface area contributed by atoms with Crippen molar-refractivity contribution in [2.24, 2.45) is 5.92 Å². The van der Waals surface area contributed by atoms with E-state index in [0.29, 0.717) is 25.4 Å². The number of nitrogens with one attached hydrogen (secondary N) is 2. The van der Waals surface area contributed by atoms with Crippen LogP contribution in [0.1, 0.15) is 31.2 Å². The minimum atomic E-state index is -0.645. The van der Waals surface area contributed by atoms with E-state index in [4.69, 9.17) is 0 Å². The van der Waals surface area contributed by atoms with Crippen LogP contribution in [0.25, 0.3) is 0 Å². The molecule has 2 aliphatic rings. The summed E-state index contributed by atoms with van der Waals surface area (Å²) in [7, 11) is 2.12. The van der Waals surface area contributed by atoms with Gasteiger partial charge in [-0.1, -0.05) is 30.3 Å². The summed E-state index contributed by atoms with van der Waals surface area (Å²) in [5.41, 5.74) is 1.19. The third-order valence-corrected chi connectivity index (χ3v) is 5.66. The molecule has 2 N–H and O–H groups in total. The highest BCUT2D eigenvalue weighted by atomic mass is 16.2. The van der Waals surface area contributed by atoms with Crippen LogP contribution in [0.2, 0.25) is 0 Å². The maximum Gasteiger partial charge on any atom is 0.322 e. The van der Waals surface area contributed by atoms with E-state index in [-0.39, 0.29) is 18.2 Å². The second kappa shape index (κ2) is 9.68. The van der Waals surface area contributed by atoms with Crippen molar-refractivity contribution in [1.82, 2.24) is 20.4 Å². The maximum absolute atomic E-state index is 13.2. The highest BCUT2D eigenvalue weighted by Crippen LogP contribution is 2.19. The van der Waals surface area contributed by atoms with E-state index in [2.05, 4.69) is 34.7 Å². The highest BCUT2D eigenvalue weighted by molar-refractivity contribution is 5.98. The highest BCUT2D eigenvalue weighted by Gasteiger charge is 2.31. The Kier molecular flexibility index (Phi) is 7.03. The molecule has 28 heavy (non-hydrogen) atoms. The number of rotatable bonds is 6. The summed E-state index contributed by atoms with van der Waals surface area (Å²) >= 11 is 0. The predicted molar refractivity (Wildman–Crippen MR) is 107 cm³/mol. The SMILES string of the molecule is CN1CCC(CN(CCc2ccccc2)C(=O)C2CCC(=O)NC(=O)N2)CC1. The molecule has 0 aromatic heterocycles. The van der Waals surface area contributed by atoms with Crippen molar-refractivity contribution < 1.29 is 14.4 Å². The number of carbonyl (C=O) groups is 3. The van der Waals surface area contributed by atoms with Gasteiger partial charge in [0, 0.05) is 19.5 Å². The summed E-state index contributed by atoms with van der Waals surface area (Å²) in [5, 5.41) is 4.91. The summed E-state index contributed by atoms with van der Waals surface area (Å²) in [5.74, 6) is 0.0517. The molecule has 2 heterocycles. The van der Waals surface area contributed by atoms with Gasteiger partial charge in [0.1, 0.15) is 6.04 Å². The van der Waals surface area contributed by atoms with Gasteiger partial charge in [-0.3, -0.25) is 14.9 Å². The third-order valence-electron chi connectivity index (χ3n) is 5.66. The van der Waals surface area contributed by atoms with E-state index in [1.165, 1.54) is 5.56 Å². The van der Waals surface area contributed by atoms with Crippen LogP contribution in [0.3, 0.4) is 0 Å². The molecular weight excluding hydrogens is 356 g/mol. The second-order valence-corrected chi connectivity index (χ2v) is 7.88. The first-order chi connectivity index (χ1) is 13.5. The quantitative estimate of drug-likeness (QED) is 0.774. The molecule has 2 saturated heterocycles. The fraction of sp³-hybridized carbons (Fsp3) is 0.571. The predicted octanol–water partition coefficient (Wildman–Crippen LogP) is 1.39. The Labute approximate surface area is 166 Å². The molecule has 1 atom stereocenters. The second-order valence-electron chi connectivity index (χ2n) is 7.88. The smallest absolute Gasteiger partial charge is 0.322 e. The summed E-state index contributed by atoms with van der Waals surface area (Å²) in [6.45, 7) is 3.41. The lowest BCUT2D eigenvalue weighted by Gasteiger charge is -2.34. The topological polar surface area (TPSA) is 81.8 Å².